The number of carbonyl (C=O) groups is 1. The van der Waals surface area contributed by atoms with Crippen molar-refractivity contribution in [2.24, 2.45) is 11.1 Å². The molecule has 1 atom stereocenters. The van der Waals surface area contributed by atoms with E-state index in [0.717, 1.165) is 12.8 Å². The van der Waals surface area contributed by atoms with Gasteiger partial charge in [0.2, 0.25) is 5.91 Å². The maximum absolute atomic E-state index is 11.4. The van der Waals surface area contributed by atoms with E-state index < -0.39 is 6.10 Å². The summed E-state index contributed by atoms with van der Waals surface area (Å²) >= 11 is 0. The number of aliphatic hydroxyl groups is 2. The molecule has 1 amide bonds. The highest BCUT2D eigenvalue weighted by Gasteiger charge is 2.18. The van der Waals surface area contributed by atoms with Gasteiger partial charge in [0.05, 0.1) is 12.7 Å². The molecule has 0 spiro atoms. The third kappa shape index (κ3) is 7.62. The second kappa shape index (κ2) is 7.60. The first-order chi connectivity index (χ1) is 7.41. The molecule has 0 saturated heterocycles. The Morgan fingerprint density at radius 3 is 2.56 bits per heavy atom. The molecule has 0 radical (unpaired) electrons. The van der Waals surface area contributed by atoms with Gasteiger partial charge in [-0.05, 0) is 24.8 Å². The number of nitrogens with one attached hydrogen (secondary N) is 1. The van der Waals surface area contributed by atoms with Crippen LogP contribution in [0.4, 0.5) is 0 Å². The zero-order valence-corrected chi connectivity index (χ0v) is 10.2. The number of carbonyl (C=O) groups excluding carboxylic acids is 1. The molecule has 0 aliphatic rings. The lowest BCUT2D eigenvalue weighted by molar-refractivity contribution is -0.122. The van der Waals surface area contributed by atoms with E-state index >= 15 is 0 Å². The van der Waals surface area contributed by atoms with Crippen molar-refractivity contribution < 1.29 is 15.0 Å². The van der Waals surface area contributed by atoms with Crippen molar-refractivity contribution >= 4 is 5.91 Å². The number of nitrogens with two attached hydrogens (primary N) is 1. The molecular weight excluding hydrogens is 208 g/mol. The zero-order chi connectivity index (χ0) is 12.6. The zero-order valence-electron chi connectivity index (χ0n) is 10.2. The Balaban J connectivity index is 3.72. The maximum Gasteiger partial charge on any atom is 0.220 e. The van der Waals surface area contributed by atoms with Gasteiger partial charge in [0.1, 0.15) is 0 Å². The lowest BCUT2D eigenvalue weighted by Gasteiger charge is -2.23. The van der Waals surface area contributed by atoms with Gasteiger partial charge in [-0.25, -0.2) is 0 Å². The molecule has 96 valence electrons. The van der Waals surface area contributed by atoms with Gasteiger partial charge < -0.3 is 21.3 Å². The molecule has 0 bridgehead atoms. The molecule has 0 rings (SSSR count). The van der Waals surface area contributed by atoms with Crippen LogP contribution >= 0.6 is 0 Å². The second-order valence-corrected chi connectivity index (χ2v) is 4.84. The van der Waals surface area contributed by atoms with Gasteiger partial charge >= 0.3 is 0 Å². The van der Waals surface area contributed by atoms with Crippen molar-refractivity contribution in [1.82, 2.24) is 5.32 Å². The van der Waals surface area contributed by atoms with Gasteiger partial charge in [0.15, 0.2) is 0 Å². The Morgan fingerprint density at radius 2 is 2.06 bits per heavy atom. The van der Waals surface area contributed by atoms with Crippen molar-refractivity contribution in [1.29, 1.82) is 0 Å². The predicted octanol–water partition coefficient (Wildman–Crippen LogP) is -0.389. The molecule has 0 saturated carbocycles. The van der Waals surface area contributed by atoms with Crippen molar-refractivity contribution in [3.63, 3.8) is 0 Å². The fraction of sp³-hybridized carbons (Fsp3) is 0.909. The van der Waals surface area contributed by atoms with Crippen molar-refractivity contribution in [2.45, 2.75) is 39.2 Å². The lowest BCUT2D eigenvalue weighted by atomic mass is 9.84. The van der Waals surface area contributed by atoms with Crippen LogP contribution in [0.25, 0.3) is 0 Å². The Morgan fingerprint density at radius 1 is 1.44 bits per heavy atom. The summed E-state index contributed by atoms with van der Waals surface area (Å²) in [6, 6.07) is 0. The van der Waals surface area contributed by atoms with Crippen LogP contribution in [-0.4, -0.2) is 41.9 Å². The first-order valence-corrected chi connectivity index (χ1v) is 5.67. The summed E-state index contributed by atoms with van der Waals surface area (Å²) in [6.45, 7) is 4.55. The molecule has 0 heterocycles. The third-order valence-electron chi connectivity index (χ3n) is 2.60. The number of hydrogen-bond donors (Lipinski definition) is 4. The predicted molar refractivity (Wildman–Crippen MR) is 62.8 cm³/mol. The highest BCUT2D eigenvalue weighted by atomic mass is 16.3. The average molecular weight is 232 g/mol. The van der Waals surface area contributed by atoms with Crippen molar-refractivity contribution in [2.75, 3.05) is 19.7 Å². The van der Waals surface area contributed by atoms with Crippen molar-refractivity contribution in [3.05, 3.63) is 0 Å². The van der Waals surface area contributed by atoms with E-state index in [0.29, 0.717) is 13.0 Å². The van der Waals surface area contributed by atoms with Crippen molar-refractivity contribution in [3.8, 4) is 0 Å². The van der Waals surface area contributed by atoms with E-state index in [1.807, 2.05) is 0 Å². The Hall–Kier alpha value is -0.650. The summed E-state index contributed by atoms with van der Waals surface area (Å²) in [7, 11) is 0. The molecule has 0 aromatic carbocycles. The largest absolute Gasteiger partial charge is 0.394 e. The summed E-state index contributed by atoms with van der Waals surface area (Å²) in [4.78, 5) is 11.4. The average Bonchev–Trinajstić information content (AvgIpc) is 2.23. The van der Waals surface area contributed by atoms with Crippen LogP contribution in [0.1, 0.15) is 33.1 Å². The molecular formula is C11H24N2O3. The quantitative estimate of drug-likeness (QED) is 0.458. The summed E-state index contributed by atoms with van der Waals surface area (Å²) in [6.07, 6.45) is 1.21. The summed E-state index contributed by atoms with van der Waals surface area (Å²) in [5.74, 6) is -0.0994. The maximum atomic E-state index is 11.4. The minimum Gasteiger partial charge on any atom is -0.394 e. The van der Waals surface area contributed by atoms with E-state index in [1.165, 1.54) is 0 Å². The molecule has 0 fully saturated rings. The number of rotatable bonds is 8. The van der Waals surface area contributed by atoms with Crippen LogP contribution in [0.2, 0.25) is 0 Å². The smallest absolute Gasteiger partial charge is 0.220 e. The highest BCUT2D eigenvalue weighted by molar-refractivity contribution is 5.75. The van der Waals surface area contributed by atoms with Crippen LogP contribution in [0.15, 0.2) is 0 Å². The molecule has 16 heavy (non-hydrogen) atoms. The molecule has 0 aliphatic heterocycles. The van der Waals surface area contributed by atoms with Gasteiger partial charge in [-0.2, -0.15) is 0 Å². The highest BCUT2D eigenvalue weighted by Crippen LogP contribution is 2.25. The standard InChI is InChI=1S/C11H24N2O3/c1-11(2,5-6-12)4-3-10(16)13-7-9(15)8-14/h9,14-15H,3-8,12H2,1-2H3,(H,13,16). The fourth-order valence-electron chi connectivity index (χ4n) is 1.35. The van der Waals surface area contributed by atoms with E-state index in [9.17, 15) is 4.79 Å². The number of aliphatic hydroxyl groups excluding tert-OH is 2. The first-order valence-electron chi connectivity index (χ1n) is 5.67. The van der Waals surface area contributed by atoms with Crippen LogP contribution in [-0.2, 0) is 4.79 Å². The fourth-order valence-corrected chi connectivity index (χ4v) is 1.35. The monoisotopic (exact) mass is 232 g/mol. The van der Waals surface area contributed by atoms with Crippen LogP contribution in [0.5, 0.6) is 0 Å². The van der Waals surface area contributed by atoms with Crippen LogP contribution in [0, 0.1) is 5.41 Å². The number of hydrogen-bond acceptors (Lipinski definition) is 4. The minimum atomic E-state index is -0.874. The Bertz CT molecular complexity index is 207. The summed E-state index contributed by atoms with van der Waals surface area (Å²) < 4.78 is 0. The lowest BCUT2D eigenvalue weighted by Crippen LogP contribution is -2.34. The first kappa shape index (κ1) is 15.3. The topological polar surface area (TPSA) is 95.6 Å². The molecule has 0 aromatic heterocycles. The molecule has 5 heteroatoms. The SMILES string of the molecule is CC(C)(CCN)CCC(=O)NCC(O)CO. The van der Waals surface area contributed by atoms with Gasteiger partial charge in [0.25, 0.3) is 0 Å². The van der Waals surface area contributed by atoms with E-state index in [-0.39, 0.29) is 24.5 Å². The van der Waals surface area contributed by atoms with E-state index in [1.54, 1.807) is 0 Å². The van der Waals surface area contributed by atoms with Crippen LogP contribution < -0.4 is 11.1 Å². The molecule has 0 aromatic rings. The second-order valence-electron chi connectivity index (χ2n) is 4.84. The number of amides is 1. The molecule has 1 unspecified atom stereocenters. The Kier molecular flexibility index (Phi) is 7.29. The van der Waals surface area contributed by atoms with Gasteiger partial charge in [-0.3, -0.25) is 4.79 Å². The molecule has 0 aliphatic carbocycles. The summed E-state index contributed by atoms with van der Waals surface area (Å²) in [5.41, 5.74) is 5.55. The van der Waals surface area contributed by atoms with Crippen LogP contribution in [0.3, 0.4) is 0 Å². The third-order valence-corrected chi connectivity index (χ3v) is 2.60. The molecule has 5 nitrogen and oxygen atoms in total. The normalized spacial score (nSPS) is 13.6. The van der Waals surface area contributed by atoms with E-state index in [2.05, 4.69) is 19.2 Å². The minimum absolute atomic E-state index is 0.0711. The summed E-state index contributed by atoms with van der Waals surface area (Å²) in [5, 5.41) is 20.2. The van der Waals surface area contributed by atoms with Gasteiger partial charge in [0, 0.05) is 13.0 Å². The Labute approximate surface area is 97.0 Å². The van der Waals surface area contributed by atoms with Gasteiger partial charge in [-0.15, -0.1) is 0 Å². The van der Waals surface area contributed by atoms with Gasteiger partial charge in [-0.1, -0.05) is 13.8 Å². The molecule has 5 N–H and O–H groups in total. The van der Waals surface area contributed by atoms with E-state index in [4.69, 9.17) is 15.9 Å².